The molecule has 4 nitrogen and oxygen atoms in total. The lowest BCUT2D eigenvalue weighted by Crippen LogP contribution is -2.21. The second-order valence-electron chi connectivity index (χ2n) is 3.25. The van der Waals surface area contributed by atoms with Gasteiger partial charge in [-0.3, -0.25) is 4.57 Å². The van der Waals surface area contributed by atoms with Crippen molar-refractivity contribution in [3.8, 4) is 11.8 Å². The van der Waals surface area contributed by atoms with E-state index in [1.807, 2.05) is 11.4 Å². The number of aliphatic hydroxyl groups excluding tert-OH is 1. The van der Waals surface area contributed by atoms with Crippen LogP contribution in [0.25, 0.3) is 0 Å². The summed E-state index contributed by atoms with van der Waals surface area (Å²) in [4.78, 5) is 16.1. The van der Waals surface area contributed by atoms with Crippen molar-refractivity contribution < 1.29 is 5.11 Å². The zero-order valence-corrected chi connectivity index (χ0v) is 9.78. The van der Waals surface area contributed by atoms with Gasteiger partial charge >= 0.3 is 5.69 Å². The number of aliphatic hydroxyl groups is 1. The Balaban J connectivity index is 2.28. The summed E-state index contributed by atoms with van der Waals surface area (Å²) in [6, 6.07) is 3.60. The van der Waals surface area contributed by atoms with Crippen LogP contribution in [0.15, 0.2) is 34.7 Å². The summed E-state index contributed by atoms with van der Waals surface area (Å²) in [5.41, 5.74) is 0.571. The summed E-state index contributed by atoms with van der Waals surface area (Å²) < 4.78 is 1.52. The second-order valence-corrected chi connectivity index (χ2v) is 4.25. The van der Waals surface area contributed by atoms with Gasteiger partial charge in [-0.1, -0.05) is 11.8 Å². The van der Waals surface area contributed by atoms with Crippen molar-refractivity contribution in [3.63, 3.8) is 0 Å². The lowest BCUT2D eigenvalue weighted by atomic mass is 10.2. The maximum absolute atomic E-state index is 11.5. The largest absolute Gasteiger partial charge is 0.384 e. The second kappa shape index (κ2) is 5.43. The van der Waals surface area contributed by atoms with Crippen LogP contribution in [0.3, 0.4) is 0 Å². The van der Waals surface area contributed by atoms with Gasteiger partial charge in [-0.15, -0.1) is 11.3 Å². The molecule has 0 aliphatic heterocycles. The van der Waals surface area contributed by atoms with Crippen molar-refractivity contribution in [1.82, 2.24) is 9.55 Å². The third kappa shape index (κ3) is 2.81. The molecular formula is C12H10N2O2S. The molecule has 0 saturated carbocycles. The fraction of sp³-hybridized carbons (Fsp3) is 0.167. The average molecular weight is 246 g/mol. The Kier molecular flexibility index (Phi) is 3.70. The Hall–Kier alpha value is -1.90. The van der Waals surface area contributed by atoms with Crippen LogP contribution in [0.4, 0.5) is 0 Å². The first-order chi connectivity index (χ1) is 8.31. The van der Waals surface area contributed by atoms with Crippen molar-refractivity contribution in [2.75, 3.05) is 6.61 Å². The minimum absolute atomic E-state index is 0.165. The van der Waals surface area contributed by atoms with Gasteiger partial charge in [-0.2, -0.15) is 0 Å². The lowest BCUT2D eigenvalue weighted by Gasteiger charge is -2.02. The molecule has 0 radical (unpaired) electrons. The normalized spacial score (nSPS) is 9.71. The quantitative estimate of drug-likeness (QED) is 0.793. The van der Waals surface area contributed by atoms with Gasteiger partial charge in [0.05, 0.1) is 6.54 Å². The topological polar surface area (TPSA) is 55.1 Å². The van der Waals surface area contributed by atoms with Gasteiger partial charge in [0, 0.05) is 22.8 Å². The molecule has 17 heavy (non-hydrogen) atoms. The number of rotatable bonds is 2. The molecule has 0 atom stereocenters. The predicted molar refractivity (Wildman–Crippen MR) is 65.9 cm³/mol. The summed E-state index contributed by atoms with van der Waals surface area (Å²) in [6.45, 7) is 0.294. The Morgan fingerprint density at radius 3 is 3.18 bits per heavy atom. The van der Waals surface area contributed by atoms with Gasteiger partial charge in [0.1, 0.15) is 6.61 Å². The molecule has 0 aliphatic carbocycles. The molecule has 0 amide bonds. The van der Waals surface area contributed by atoms with Crippen LogP contribution >= 0.6 is 11.3 Å². The molecule has 0 saturated heterocycles. The highest BCUT2D eigenvalue weighted by molar-refractivity contribution is 7.10. The summed E-state index contributed by atoms with van der Waals surface area (Å²) >= 11 is 1.53. The van der Waals surface area contributed by atoms with E-state index in [0.29, 0.717) is 6.54 Å². The first kappa shape index (κ1) is 11.6. The molecule has 0 unspecified atom stereocenters. The fourth-order valence-corrected chi connectivity index (χ4v) is 2.20. The Morgan fingerprint density at radius 2 is 2.41 bits per heavy atom. The van der Waals surface area contributed by atoms with Crippen molar-refractivity contribution in [1.29, 1.82) is 0 Å². The SMILES string of the molecule is O=c1ncccn1Cc1sccc1C#CCO. The van der Waals surface area contributed by atoms with Crippen molar-refractivity contribution in [2.24, 2.45) is 0 Å². The van der Waals surface area contributed by atoms with E-state index >= 15 is 0 Å². The first-order valence-electron chi connectivity index (χ1n) is 4.99. The molecule has 2 rings (SSSR count). The number of hydrogen-bond donors (Lipinski definition) is 1. The van der Waals surface area contributed by atoms with E-state index in [2.05, 4.69) is 16.8 Å². The zero-order valence-electron chi connectivity index (χ0n) is 8.96. The van der Waals surface area contributed by atoms with E-state index < -0.39 is 0 Å². The van der Waals surface area contributed by atoms with Crippen LogP contribution < -0.4 is 5.69 Å². The van der Waals surface area contributed by atoms with Gasteiger partial charge in [0.2, 0.25) is 0 Å². The molecule has 0 bridgehead atoms. The van der Waals surface area contributed by atoms with Crippen LogP contribution in [-0.4, -0.2) is 21.3 Å². The number of aromatic nitrogens is 2. The van der Waals surface area contributed by atoms with Crippen molar-refractivity contribution >= 4 is 11.3 Å². The third-order valence-corrected chi connectivity index (χ3v) is 3.05. The first-order valence-corrected chi connectivity index (χ1v) is 5.87. The molecule has 1 N–H and O–H groups in total. The minimum atomic E-state index is -0.276. The Bertz CT molecular complexity index is 619. The zero-order chi connectivity index (χ0) is 12.1. The third-order valence-electron chi connectivity index (χ3n) is 2.14. The van der Waals surface area contributed by atoms with Crippen LogP contribution in [0.2, 0.25) is 0 Å². The molecule has 0 aliphatic rings. The summed E-state index contributed by atoms with van der Waals surface area (Å²) in [7, 11) is 0. The molecule has 2 aromatic heterocycles. The Labute approximate surface area is 102 Å². The summed E-state index contributed by atoms with van der Waals surface area (Å²) in [5.74, 6) is 5.46. The molecule has 86 valence electrons. The van der Waals surface area contributed by atoms with Crippen LogP contribution in [0.5, 0.6) is 0 Å². The monoisotopic (exact) mass is 246 g/mol. The molecule has 0 fully saturated rings. The van der Waals surface area contributed by atoms with Gasteiger partial charge in [0.25, 0.3) is 0 Å². The molecule has 2 aromatic rings. The van der Waals surface area contributed by atoms with E-state index in [9.17, 15) is 4.79 Å². The highest BCUT2D eigenvalue weighted by Gasteiger charge is 2.04. The van der Waals surface area contributed by atoms with Crippen LogP contribution in [-0.2, 0) is 6.54 Å². The highest BCUT2D eigenvalue weighted by Crippen LogP contribution is 2.16. The number of hydrogen-bond acceptors (Lipinski definition) is 4. The molecule has 2 heterocycles. The van der Waals surface area contributed by atoms with E-state index in [4.69, 9.17) is 5.11 Å². The standard InChI is InChI=1S/C12H10N2O2S/c15-7-1-3-10-4-8-17-11(10)9-14-6-2-5-13-12(14)16/h2,4-6,8,15H,7,9H2. The average Bonchev–Trinajstić information content (AvgIpc) is 2.77. The molecule has 0 spiro atoms. The van der Waals surface area contributed by atoms with E-state index in [-0.39, 0.29) is 12.3 Å². The van der Waals surface area contributed by atoms with E-state index in [0.717, 1.165) is 10.4 Å². The predicted octanol–water partition coefficient (Wildman–Crippen LogP) is 0.697. The smallest absolute Gasteiger partial charge is 0.347 e. The van der Waals surface area contributed by atoms with E-state index in [1.165, 1.54) is 22.1 Å². The fourth-order valence-electron chi connectivity index (χ4n) is 1.37. The lowest BCUT2D eigenvalue weighted by molar-refractivity contribution is 0.350. The van der Waals surface area contributed by atoms with Gasteiger partial charge in [-0.25, -0.2) is 9.78 Å². The van der Waals surface area contributed by atoms with Crippen molar-refractivity contribution in [2.45, 2.75) is 6.54 Å². The maximum Gasteiger partial charge on any atom is 0.347 e. The van der Waals surface area contributed by atoms with Crippen LogP contribution in [0.1, 0.15) is 10.4 Å². The van der Waals surface area contributed by atoms with Gasteiger partial charge < -0.3 is 5.11 Å². The van der Waals surface area contributed by atoms with Gasteiger partial charge in [0.15, 0.2) is 0 Å². The number of thiophene rings is 1. The Morgan fingerprint density at radius 1 is 1.53 bits per heavy atom. The molecule has 0 aromatic carbocycles. The van der Waals surface area contributed by atoms with Gasteiger partial charge in [-0.05, 0) is 17.5 Å². The number of nitrogens with zero attached hydrogens (tertiary/aromatic N) is 2. The van der Waals surface area contributed by atoms with Crippen molar-refractivity contribution in [3.05, 3.63) is 50.8 Å². The van der Waals surface area contributed by atoms with Crippen LogP contribution in [0, 0.1) is 11.8 Å². The maximum atomic E-state index is 11.5. The van der Waals surface area contributed by atoms with E-state index in [1.54, 1.807) is 12.3 Å². The summed E-state index contributed by atoms with van der Waals surface area (Å²) in [6.07, 6.45) is 3.16. The molecular weight excluding hydrogens is 236 g/mol. The minimum Gasteiger partial charge on any atom is -0.384 e. The highest BCUT2D eigenvalue weighted by atomic mass is 32.1. The molecule has 5 heteroatoms. The summed E-state index contributed by atoms with van der Waals surface area (Å²) in [5, 5.41) is 10.6.